The van der Waals surface area contributed by atoms with Gasteiger partial charge in [0.15, 0.2) is 0 Å². The van der Waals surface area contributed by atoms with Crippen molar-refractivity contribution in [3.8, 4) is 0 Å². The molecule has 3 fully saturated rings. The number of carbonyl (C=O) groups is 1. The number of anilines is 1. The normalized spacial score (nSPS) is 28.8. The minimum atomic E-state index is -0.173. The molecule has 2 aliphatic carbocycles. The topological polar surface area (TPSA) is 81.6 Å². The Hall–Kier alpha value is -1.73. The average Bonchev–Trinajstić information content (AvgIpc) is 3.01. The maximum Gasteiger partial charge on any atom is 0.217 e. The van der Waals surface area contributed by atoms with Gasteiger partial charge in [0.2, 0.25) is 5.91 Å². The van der Waals surface area contributed by atoms with E-state index in [1.807, 2.05) is 0 Å². The van der Waals surface area contributed by atoms with Gasteiger partial charge in [-0.05, 0) is 70.4 Å². The van der Waals surface area contributed by atoms with E-state index in [1.54, 1.807) is 6.92 Å². The van der Waals surface area contributed by atoms with E-state index in [9.17, 15) is 9.90 Å². The molecule has 0 unspecified atom stereocenters. The highest BCUT2D eigenvalue weighted by Crippen LogP contribution is 2.37. The largest absolute Gasteiger partial charge is 0.393 e. The van der Waals surface area contributed by atoms with Gasteiger partial charge in [0, 0.05) is 55.7 Å². The molecule has 7 heteroatoms. The Kier molecular flexibility index (Phi) is 8.13. The SMILES string of the molecule is CC(=O)NC1CCC(CCN2CCCN(c3cc(C4CC(O)C4)nc(C(C)(C)C)n3)CC2)CC1. The van der Waals surface area contributed by atoms with Gasteiger partial charge in [-0.2, -0.15) is 0 Å². The summed E-state index contributed by atoms with van der Waals surface area (Å²) in [5.74, 6) is 3.24. The quantitative estimate of drug-likeness (QED) is 0.660. The van der Waals surface area contributed by atoms with E-state index >= 15 is 0 Å². The molecule has 1 aromatic rings. The van der Waals surface area contributed by atoms with Gasteiger partial charge in [-0.25, -0.2) is 9.97 Å². The molecular weight excluding hydrogens is 426 g/mol. The second-order valence-corrected chi connectivity index (χ2v) is 11.9. The van der Waals surface area contributed by atoms with E-state index in [4.69, 9.17) is 9.97 Å². The van der Waals surface area contributed by atoms with Crippen LogP contribution in [0.4, 0.5) is 5.82 Å². The van der Waals surface area contributed by atoms with Crippen molar-refractivity contribution in [1.82, 2.24) is 20.2 Å². The molecule has 0 spiro atoms. The number of hydrogen-bond acceptors (Lipinski definition) is 6. The van der Waals surface area contributed by atoms with Crippen LogP contribution in [-0.2, 0) is 10.2 Å². The molecule has 3 aliphatic rings. The number of nitrogens with zero attached hydrogens (tertiary/aromatic N) is 4. The number of aliphatic hydroxyl groups is 1. The van der Waals surface area contributed by atoms with Gasteiger partial charge in [-0.1, -0.05) is 20.8 Å². The zero-order valence-electron chi connectivity index (χ0n) is 21.7. The minimum absolute atomic E-state index is 0.0933. The number of rotatable bonds is 6. The van der Waals surface area contributed by atoms with Crippen molar-refractivity contribution in [2.45, 2.75) is 103 Å². The molecule has 7 nitrogen and oxygen atoms in total. The van der Waals surface area contributed by atoms with Crippen LogP contribution in [0.2, 0.25) is 0 Å². The number of hydrogen-bond donors (Lipinski definition) is 2. The Labute approximate surface area is 205 Å². The van der Waals surface area contributed by atoms with E-state index in [0.29, 0.717) is 12.0 Å². The van der Waals surface area contributed by atoms with Crippen molar-refractivity contribution < 1.29 is 9.90 Å². The highest BCUT2D eigenvalue weighted by Gasteiger charge is 2.32. The van der Waals surface area contributed by atoms with Crippen LogP contribution in [0.5, 0.6) is 0 Å². The third kappa shape index (κ3) is 6.69. The molecule has 2 saturated carbocycles. The van der Waals surface area contributed by atoms with Gasteiger partial charge in [0.25, 0.3) is 0 Å². The lowest BCUT2D eigenvalue weighted by Gasteiger charge is -2.33. The van der Waals surface area contributed by atoms with Crippen LogP contribution in [0.15, 0.2) is 6.07 Å². The summed E-state index contributed by atoms with van der Waals surface area (Å²) in [6.07, 6.45) is 8.62. The van der Waals surface area contributed by atoms with Crippen molar-refractivity contribution in [2.24, 2.45) is 5.92 Å². The number of aliphatic hydroxyl groups excluding tert-OH is 1. The Bertz CT molecular complexity index is 825. The monoisotopic (exact) mass is 471 g/mol. The second-order valence-electron chi connectivity index (χ2n) is 11.9. The van der Waals surface area contributed by atoms with E-state index in [0.717, 1.165) is 81.5 Å². The first-order valence-corrected chi connectivity index (χ1v) is 13.5. The van der Waals surface area contributed by atoms with Crippen molar-refractivity contribution in [3.63, 3.8) is 0 Å². The summed E-state index contributed by atoms with van der Waals surface area (Å²) in [4.78, 5) is 26.3. The summed E-state index contributed by atoms with van der Waals surface area (Å²) in [7, 11) is 0. The molecule has 34 heavy (non-hydrogen) atoms. The highest BCUT2D eigenvalue weighted by molar-refractivity contribution is 5.73. The predicted molar refractivity (Wildman–Crippen MR) is 136 cm³/mol. The zero-order chi connectivity index (χ0) is 24.3. The van der Waals surface area contributed by atoms with E-state index < -0.39 is 0 Å². The lowest BCUT2D eigenvalue weighted by molar-refractivity contribution is -0.119. The molecule has 1 saturated heterocycles. The van der Waals surface area contributed by atoms with Gasteiger partial charge in [-0.15, -0.1) is 0 Å². The fraction of sp³-hybridized carbons (Fsp3) is 0.815. The molecule has 1 aromatic heterocycles. The first kappa shape index (κ1) is 25.4. The van der Waals surface area contributed by atoms with Crippen molar-refractivity contribution in [3.05, 3.63) is 17.6 Å². The first-order valence-electron chi connectivity index (χ1n) is 13.5. The highest BCUT2D eigenvalue weighted by atomic mass is 16.3. The lowest BCUT2D eigenvalue weighted by atomic mass is 9.80. The van der Waals surface area contributed by atoms with Crippen LogP contribution >= 0.6 is 0 Å². The molecule has 0 aromatic carbocycles. The summed E-state index contributed by atoms with van der Waals surface area (Å²) in [5.41, 5.74) is 1.01. The van der Waals surface area contributed by atoms with Crippen LogP contribution in [0.3, 0.4) is 0 Å². The summed E-state index contributed by atoms with van der Waals surface area (Å²) < 4.78 is 0. The molecule has 2 heterocycles. The first-order chi connectivity index (χ1) is 16.2. The van der Waals surface area contributed by atoms with Crippen LogP contribution in [0.1, 0.15) is 96.5 Å². The summed E-state index contributed by atoms with van der Waals surface area (Å²) in [5, 5.41) is 12.9. The number of amides is 1. The van der Waals surface area contributed by atoms with Crippen LogP contribution in [-0.4, -0.2) is 70.8 Å². The average molecular weight is 472 g/mol. The van der Waals surface area contributed by atoms with E-state index in [-0.39, 0.29) is 17.4 Å². The molecule has 4 rings (SSSR count). The fourth-order valence-corrected chi connectivity index (χ4v) is 5.66. The van der Waals surface area contributed by atoms with Crippen LogP contribution < -0.4 is 10.2 Å². The Balaban J connectivity index is 1.31. The smallest absolute Gasteiger partial charge is 0.217 e. The molecule has 2 N–H and O–H groups in total. The standard InChI is InChI=1S/C27H45N5O2/c1-19(33)28-22-8-6-20(7-9-22)10-13-31-11-5-12-32(15-14-31)25-18-24(21-16-23(34)17-21)29-26(30-25)27(2,3)4/h18,20-23,34H,5-17H2,1-4H3,(H,28,33). The second kappa shape index (κ2) is 10.9. The van der Waals surface area contributed by atoms with E-state index in [1.165, 1.54) is 25.8 Å². The molecule has 1 aliphatic heterocycles. The maximum absolute atomic E-state index is 11.3. The van der Waals surface area contributed by atoms with Gasteiger partial charge in [-0.3, -0.25) is 4.79 Å². The number of aromatic nitrogens is 2. The van der Waals surface area contributed by atoms with Crippen molar-refractivity contribution >= 4 is 11.7 Å². The summed E-state index contributed by atoms with van der Waals surface area (Å²) in [6, 6.07) is 2.58. The predicted octanol–water partition coefficient (Wildman–Crippen LogP) is 3.61. The Morgan fingerprint density at radius 1 is 1.09 bits per heavy atom. The van der Waals surface area contributed by atoms with Crippen LogP contribution in [0.25, 0.3) is 0 Å². The maximum atomic E-state index is 11.3. The fourth-order valence-electron chi connectivity index (χ4n) is 5.66. The molecule has 0 bridgehead atoms. The Morgan fingerprint density at radius 2 is 1.82 bits per heavy atom. The van der Waals surface area contributed by atoms with Gasteiger partial charge < -0.3 is 20.2 Å². The van der Waals surface area contributed by atoms with E-state index in [2.05, 4.69) is 42.0 Å². The van der Waals surface area contributed by atoms with Crippen molar-refractivity contribution in [1.29, 1.82) is 0 Å². The molecule has 1 amide bonds. The van der Waals surface area contributed by atoms with Gasteiger partial charge in [0.1, 0.15) is 11.6 Å². The summed E-state index contributed by atoms with van der Waals surface area (Å²) >= 11 is 0. The number of nitrogens with one attached hydrogen (secondary N) is 1. The Morgan fingerprint density at radius 3 is 2.47 bits per heavy atom. The van der Waals surface area contributed by atoms with Crippen LogP contribution in [0, 0.1) is 5.92 Å². The molecule has 190 valence electrons. The van der Waals surface area contributed by atoms with Crippen molar-refractivity contribution in [2.75, 3.05) is 37.6 Å². The number of carbonyl (C=O) groups excluding carboxylic acids is 1. The van der Waals surface area contributed by atoms with Gasteiger partial charge in [0.05, 0.1) is 6.10 Å². The summed E-state index contributed by atoms with van der Waals surface area (Å²) in [6.45, 7) is 13.6. The zero-order valence-corrected chi connectivity index (χ0v) is 21.7. The third-order valence-corrected chi connectivity index (χ3v) is 7.95. The molecule has 0 atom stereocenters. The van der Waals surface area contributed by atoms with Gasteiger partial charge >= 0.3 is 0 Å². The minimum Gasteiger partial charge on any atom is -0.393 e. The lowest BCUT2D eigenvalue weighted by Crippen LogP contribution is -2.37. The molecular formula is C27H45N5O2. The third-order valence-electron chi connectivity index (χ3n) is 7.95. The molecule has 0 radical (unpaired) electrons.